The summed E-state index contributed by atoms with van der Waals surface area (Å²) in [6, 6.07) is 5.53. The van der Waals surface area contributed by atoms with Crippen molar-refractivity contribution in [3.05, 3.63) is 35.4 Å². The lowest BCUT2D eigenvalue weighted by Crippen LogP contribution is -2.52. The Kier molecular flexibility index (Phi) is 4.79. The van der Waals surface area contributed by atoms with Gasteiger partial charge in [0.2, 0.25) is 0 Å². The van der Waals surface area contributed by atoms with Crippen LogP contribution in [0.2, 0.25) is 0 Å². The van der Waals surface area contributed by atoms with Crippen LogP contribution in [0.15, 0.2) is 24.3 Å². The van der Waals surface area contributed by atoms with Gasteiger partial charge in [0.15, 0.2) is 12.4 Å². The molecule has 0 spiro atoms. The number of esters is 1. The molecular weight excluding hydrogens is 394 g/mol. The summed E-state index contributed by atoms with van der Waals surface area (Å²) in [5.74, 6) is -0.0583. The van der Waals surface area contributed by atoms with Gasteiger partial charge in [0.1, 0.15) is 6.04 Å². The van der Waals surface area contributed by atoms with E-state index in [0.29, 0.717) is 28.9 Å². The predicted octanol–water partition coefficient (Wildman–Crippen LogP) is 3.64. The molecule has 0 saturated heterocycles. The average molecular weight is 424 g/mol. The van der Waals surface area contributed by atoms with Crippen LogP contribution in [0.5, 0.6) is 0 Å². The molecule has 6 heteroatoms. The molecule has 6 nitrogen and oxygen atoms in total. The molecule has 0 unspecified atom stereocenters. The third-order valence-corrected chi connectivity index (χ3v) is 7.95. The van der Waals surface area contributed by atoms with Crippen LogP contribution in [-0.2, 0) is 14.3 Å². The van der Waals surface area contributed by atoms with Crippen molar-refractivity contribution >= 4 is 23.6 Å². The van der Waals surface area contributed by atoms with Crippen molar-refractivity contribution in [3.63, 3.8) is 0 Å². The maximum absolute atomic E-state index is 13.2. The maximum atomic E-state index is 13.2. The van der Waals surface area contributed by atoms with Gasteiger partial charge in [0.25, 0.3) is 11.8 Å². The van der Waals surface area contributed by atoms with Gasteiger partial charge in [0, 0.05) is 5.41 Å². The van der Waals surface area contributed by atoms with E-state index in [2.05, 4.69) is 0 Å². The van der Waals surface area contributed by atoms with Crippen LogP contribution in [0.4, 0.5) is 0 Å². The summed E-state index contributed by atoms with van der Waals surface area (Å²) >= 11 is 0. The van der Waals surface area contributed by atoms with Crippen LogP contribution >= 0.6 is 0 Å². The lowest BCUT2D eigenvalue weighted by atomic mass is 9.48. The molecule has 4 saturated carbocycles. The van der Waals surface area contributed by atoms with Gasteiger partial charge in [-0.05, 0) is 74.3 Å². The zero-order valence-electron chi connectivity index (χ0n) is 18.1. The van der Waals surface area contributed by atoms with Crippen molar-refractivity contribution in [2.24, 2.45) is 29.1 Å². The molecule has 6 rings (SSSR count). The molecule has 31 heavy (non-hydrogen) atoms. The molecule has 1 aromatic rings. The Balaban J connectivity index is 1.30. The lowest BCUT2D eigenvalue weighted by Gasteiger charge is -2.55. The average Bonchev–Trinajstić information content (AvgIpc) is 2.96. The number of ether oxygens (including phenoxy) is 1. The fraction of sp³-hybridized carbons (Fsp3) is 0.600. The third-order valence-electron chi connectivity index (χ3n) is 7.95. The van der Waals surface area contributed by atoms with Gasteiger partial charge in [-0.15, -0.1) is 0 Å². The zero-order chi connectivity index (χ0) is 21.9. The third kappa shape index (κ3) is 3.22. The summed E-state index contributed by atoms with van der Waals surface area (Å²) in [6.07, 6.45) is 6.47. The molecule has 1 aliphatic heterocycles. The molecule has 4 fully saturated rings. The molecule has 4 bridgehead atoms. The summed E-state index contributed by atoms with van der Waals surface area (Å²) in [4.78, 5) is 52.9. The van der Waals surface area contributed by atoms with Gasteiger partial charge in [-0.3, -0.25) is 19.3 Å². The Morgan fingerprint density at radius 2 is 1.45 bits per heavy atom. The van der Waals surface area contributed by atoms with Gasteiger partial charge in [-0.1, -0.05) is 26.0 Å². The van der Waals surface area contributed by atoms with Gasteiger partial charge in [-0.25, -0.2) is 4.79 Å². The molecule has 0 radical (unpaired) electrons. The second-order valence-corrected chi connectivity index (χ2v) is 10.4. The summed E-state index contributed by atoms with van der Waals surface area (Å²) in [5.41, 5.74) is 0.268. The largest absolute Gasteiger partial charge is 0.456 e. The topological polar surface area (TPSA) is 80.8 Å². The van der Waals surface area contributed by atoms with Gasteiger partial charge >= 0.3 is 5.97 Å². The number of Topliss-reactive ketones (excluding diaryl/α,β-unsaturated/α-hetero) is 1. The van der Waals surface area contributed by atoms with Crippen molar-refractivity contribution in [1.82, 2.24) is 4.90 Å². The fourth-order valence-electron chi connectivity index (χ4n) is 6.96. The summed E-state index contributed by atoms with van der Waals surface area (Å²) < 4.78 is 5.49. The number of carbonyl (C=O) groups is 4. The molecule has 0 N–H and O–H groups in total. The highest BCUT2D eigenvalue weighted by Gasteiger charge is 2.54. The van der Waals surface area contributed by atoms with Crippen molar-refractivity contribution in [1.29, 1.82) is 0 Å². The van der Waals surface area contributed by atoms with Crippen molar-refractivity contribution < 1.29 is 23.9 Å². The van der Waals surface area contributed by atoms with Crippen molar-refractivity contribution in [2.75, 3.05) is 6.61 Å². The van der Waals surface area contributed by atoms with Gasteiger partial charge < -0.3 is 4.74 Å². The highest BCUT2D eigenvalue weighted by Crippen LogP contribution is 2.60. The number of nitrogens with zero attached hydrogens (tertiary/aromatic N) is 1. The first kappa shape index (κ1) is 20.4. The van der Waals surface area contributed by atoms with Crippen molar-refractivity contribution in [2.45, 2.75) is 58.4 Å². The SMILES string of the molecule is CC(C)[C@H](C(=O)OCC(=O)C12CC3CC(CC(C3)C1)C2)N1C(=O)c2ccccc2C1=O. The Morgan fingerprint density at radius 1 is 0.968 bits per heavy atom. The first-order chi connectivity index (χ1) is 14.8. The normalized spacial score (nSPS) is 31.8. The van der Waals surface area contributed by atoms with E-state index in [1.54, 1.807) is 38.1 Å². The van der Waals surface area contributed by atoms with E-state index < -0.39 is 23.8 Å². The smallest absolute Gasteiger partial charge is 0.330 e. The van der Waals surface area contributed by atoms with Crippen LogP contribution < -0.4 is 0 Å². The quantitative estimate of drug-likeness (QED) is 0.516. The number of rotatable bonds is 6. The maximum Gasteiger partial charge on any atom is 0.330 e. The summed E-state index contributed by atoms with van der Waals surface area (Å²) in [5, 5.41) is 0. The van der Waals surface area contributed by atoms with Crippen LogP contribution in [0.1, 0.15) is 73.1 Å². The van der Waals surface area contributed by atoms with Crippen LogP contribution in [-0.4, -0.2) is 41.1 Å². The van der Waals surface area contributed by atoms with E-state index in [1.165, 1.54) is 19.3 Å². The number of amides is 2. The lowest BCUT2D eigenvalue weighted by molar-refractivity contribution is -0.160. The Labute approximate surface area is 182 Å². The number of carbonyl (C=O) groups excluding carboxylic acids is 4. The molecule has 0 aromatic heterocycles. The van der Waals surface area contributed by atoms with E-state index >= 15 is 0 Å². The number of hydrogen-bond donors (Lipinski definition) is 0. The molecule has 2 amide bonds. The minimum atomic E-state index is -1.04. The van der Waals surface area contributed by atoms with Crippen LogP contribution in [0.3, 0.4) is 0 Å². The second kappa shape index (κ2) is 7.28. The number of fused-ring (bicyclic) bond motifs is 1. The van der Waals surface area contributed by atoms with Crippen LogP contribution in [0.25, 0.3) is 0 Å². The second-order valence-electron chi connectivity index (χ2n) is 10.4. The zero-order valence-corrected chi connectivity index (χ0v) is 18.1. The highest BCUT2D eigenvalue weighted by atomic mass is 16.5. The van der Waals surface area contributed by atoms with E-state index in [-0.39, 0.29) is 23.7 Å². The fourth-order valence-corrected chi connectivity index (χ4v) is 6.96. The molecule has 1 heterocycles. The van der Waals surface area contributed by atoms with Gasteiger partial charge in [-0.2, -0.15) is 0 Å². The van der Waals surface area contributed by atoms with E-state index in [9.17, 15) is 19.2 Å². The molecule has 1 atom stereocenters. The van der Waals surface area contributed by atoms with E-state index in [1.807, 2.05) is 0 Å². The Morgan fingerprint density at radius 3 is 1.90 bits per heavy atom. The van der Waals surface area contributed by atoms with E-state index in [4.69, 9.17) is 4.74 Å². The number of ketones is 1. The first-order valence-corrected chi connectivity index (χ1v) is 11.5. The standard InChI is InChI=1S/C25H29NO5/c1-14(2)21(26-22(28)18-5-3-4-6-19(18)23(26)29)24(30)31-13-20(27)25-10-15-7-16(11-25)9-17(8-15)12-25/h3-6,14-17,21H,7-13H2,1-2H3/t15?,16?,17?,21-,25?/m1/s1. The van der Waals surface area contributed by atoms with Crippen molar-refractivity contribution in [3.8, 4) is 0 Å². The summed E-state index contributed by atoms with van der Waals surface area (Å²) in [7, 11) is 0. The summed E-state index contributed by atoms with van der Waals surface area (Å²) in [6.45, 7) is 3.28. The Bertz CT molecular complexity index is 894. The molecule has 164 valence electrons. The Hall–Kier alpha value is -2.50. The first-order valence-electron chi connectivity index (χ1n) is 11.5. The van der Waals surface area contributed by atoms with E-state index in [0.717, 1.165) is 24.2 Å². The molecule has 1 aromatic carbocycles. The number of benzene rings is 1. The van der Waals surface area contributed by atoms with Gasteiger partial charge in [0.05, 0.1) is 11.1 Å². The highest BCUT2D eigenvalue weighted by molar-refractivity contribution is 6.22. The number of imide groups is 1. The minimum Gasteiger partial charge on any atom is -0.456 e. The molecular formula is C25H29NO5. The van der Waals surface area contributed by atoms with Crippen LogP contribution in [0, 0.1) is 29.1 Å². The molecule has 5 aliphatic rings. The predicted molar refractivity (Wildman–Crippen MR) is 112 cm³/mol. The number of hydrogen-bond acceptors (Lipinski definition) is 5. The minimum absolute atomic E-state index is 0.0183. The molecule has 4 aliphatic carbocycles. The monoisotopic (exact) mass is 423 g/mol.